The van der Waals surface area contributed by atoms with E-state index in [1.165, 1.54) is 41.2 Å². The van der Waals surface area contributed by atoms with Crippen molar-refractivity contribution >= 4 is 65.4 Å². The Morgan fingerprint density at radius 3 is 1.71 bits per heavy atom. The summed E-state index contributed by atoms with van der Waals surface area (Å²) in [5.74, 6) is 4.23. The second-order valence-electron chi connectivity index (χ2n) is 18.4. The van der Waals surface area contributed by atoms with E-state index in [4.69, 9.17) is 5.73 Å². The third kappa shape index (κ3) is 24.8. The molecule has 14 heteroatoms. The van der Waals surface area contributed by atoms with Crippen molar-refractivity contribution in [3.8, 4) is 0 Å². The molecule has 372 valence electrons. The fraction of sp³-hybridized carbons (Fsp3) is 0.784. The fourth-order valence-corrected chi connectivity index (χ4v) is 10.1. The van der Waals surface area contributed by atoms with Crippen molar-refractivity contribution in [1.82, 2.24) is 15.1 Å². The quantitative estimate of drug-likeness (QED) is 0.0257. The smallest absolute Gasteiger partial charge is 0.253 e. The van der Waals surface area contributed by atoms with E-state index in [2.05, 4.69) is 57.2 Å². The molecule has 0 radical (unpaired) electrons. The van der Waals surface area contributed by atoms with E-state index in [9.17, 15) is 28.8 Å². The number of Topliss-reactive ketones (excluding diaryl/α,β-unsaturated/α-hetero) is 2. The number of thioether (sulfide) groups is 1. The van der Waals surface area contributed by atoms with Crippen LogP contribution in [-0.2, 0) is 28.8 Å². The first-order chi connectivity index (χ1) is 30.9. The highest BCUT2D eigenvalue weighted by molar-refractivity contribution is 8.00. The summed E-state index contributed by atoms with van der Waals surface area (Å²) in [5, 5.41) is 3.13. The number of carbonyl (C=O) groups is 6. The van der Waals surface area contributed by atoms with Crippen LogP contribution in [0.1, 0.15) is 188 Å². The first-order valence-electron chi connectivity index (χ1n) is 25.3. The summed E-state index contributed by atoms with van der Waals surface area (Å²) in [6.45, 7) is 15.8. The molecule has 0 spiro atoms. The minimum atomic E-state index is -0.222. The Morgan fingerprint density at radius 2 is 1.22 bits per heavy atom. The van der Waals surface area contributed by atoms with Crippen LogP contribution in [0.25, 0.3) is 0 Å². The lowest BCUT2D eigenvalue weighted by molar-refractivity contribution is -0.460. The molecule has 4 N–H and O–H groups in total. The van der Waals surface area contributed by atoms with Crippen LogP contribution in [0.4, 0.5) is 0 Å². The SMILES string of the molecule is C=C(CCCSC1CC(=O)N(CC2CCC(C(=O)CCCCC)CC2)C1=O)NCCCC.CCCCCC(=O)C1CCC(CN2C(=O)C=CC2=O)CC1.CCCC[NH+]=C(N)CCCS.[Cl-]. The van der Waals surface area contributed by atoms with Crippen LogP contribution < -0.4 is 28.4 Å². The van der Waals surface area contributed by atoms with Gasteiger partial charge in [0.15, 0.2) is 0 Å². The van der Waals surface area contributed by atoms with Gasteiger partial charge < -0.3 is 17.7 Å². The van der Waals surface area contributed by atoms with Crippen LogP contribution in [0.2, 0.25) is 0 Å². The summed E-state index contributed by atoms with van der Waals surface area (Å²) in [5.41, 5.74) is 6.74. The molecule has 3 fully saturated rings. The van der Waals surface area contributed by atoms with E-state index in [0.717, 1.165) is 165 Å². The van der Waals surface area contributed by atoms with Gasteiger partial charge in [-0.15, -0.1) is 11.8 Å². The lowest BCUT2D eigenvalue weighted by Gasteiger charge is -2.30. The van der Waals surface area contributed by atoms with Crippen molar-refractivity contribution < 1.29 is 46.2 Å². The molecule has 1 saturated heterocycles. The maximum absolute atomic E-state index is 12.8. The number of halogens is 1. The van der Waals surface area contributed by atoms with E-state index >= 15 is 0 Å². The van der Waals surface area contributed by atoms with Gasteiger partial charge in [0, 0.05) is 75.0 Å². The number of imide groups is 2. The number of amides is 4. The molecule has 2 heterocycles. The molecule has 1 unspecified atom stereocenters. The van der Waals surface area contributed by atoms with Gasteiger partial charge in [-0.1, -0.05) is 72.8 Å². The normalized spacial score (nSPS) is 21.9. The van der Waals surface area contributed by atoms with Gasteiger partial charge >= 0.3 is 0 Å². The van der Waals surface area contributed by atoms with Crippen molar-refractivity contribution in [3.63, 3.8) is 0 Å². The Balaban J connectivity index is 0.000000548. The van der Waals surface area contributed by atoms with Crippen LogP contribution in [0.5, 0.6) is 0 Å². The number of rotatable bonds is 29. The maximum Gasteiger partial charge on any atom is 0.253 e. The minimum Gasteiger partial charge on any atom is -1.00 e. The highest BCUT2D eigenvalue weighted by Gasteiger charge is 2.40. The number of thiol groups is 1. The predicted molar refractivity (Wildman–Crippen MR) is 267 cm³/mol. The van der Waals surface area contributed by atoms with Gasteiger partial charge in [-0.3, -0.25) is 49.3 Å². The number of likely N-dealkylation sites (tertiary alicyclic amines) is 1. The number of amidine groups is 1. The van der Waals surface area contributed by atoms with E-state index < -0.39 is 0 Å². The molecule has 65 heavy (non-hydrogen) atoms. The Hall–Kier alpha value is -2.64. The van der Waals surface area contributed by atoms with Crippen molar-refractivity contribution in [2.45, 2.75) is 193 Å². The van der Waals surface area contributed by atoms with E-state index in [0.29, 0.717) is 49.3 Å². The zero-order chi connectivity index (χ0) is 47.1. The van der Waals surface area contributed by atoms with Crippen molar-refractivity contribution in [1.29, 1.82) is 0 Å². The standard InChI is InChI=1S/C26H44N2O3S.C17H25NO3.C8H18N2S.ClH/c1-4-6-8-11-23(29)22-14-12-21(13-15-22)19-28-25(30)18-24(26(28)31)32-17-9-10-20(3)27-16-7-5-2;1-2-3-4-5-15(19)14-8-6-13(7-9-14)12-18-16(20)10-11-17(18)21;1-2-3-6-10-8(9)5-4-7-11;/h21-22,24,27H,3-19H2,1-2H3;10-11,13-14H,2-9,12H2,1H3;11H,2-7H2,1H3,(H2,9,10);1H. The van der Waals surface area contributed by atoms with Gasteiger partial charge in [0.1, 0.15) is 11.6 Å². The summed E-state index contributed by atoms with van der Waals surface area (Å²) in [6, 6.07) is 0. The van der Waals surface area contributed by atoms with Gasteiger partial charge in [-0.25, -0.2) is 0 Å². The van der Waals surface area contributed by atoms with Crippen molar-refractivity contribution in [2.75, 3.05) is 37.7 Å². The summed E-state index contributed by atoms with van der Waals surface area (Å²) < 4.78 is 0. The molecule has 4 rings (SSSR count). The number of hydrogen-bond donors (Lipinski definition) is 4. The van der Waals surface area contributed by atoms with Crippen molar-refractivity contribution in [3.05, 3.63) is 24.4 Å². The van der Waals surface area contributed by atoms with Crippen LogP contribution in [0.15, 0.2) is 24.4 Å². The zero-order valence-corrected chi connectivity index (χ0v) is 43.3. The topological polar surface area (TPSA) is 161 Å². The average Bonchev–Trinajstić information content (AvgIpc) is 3.75. The Labute approximate surface area is 409 Å². The minimum absolute atomic E-state index is 0. The van der Waals surface area contributed by atoms with E-state index in [1.54, 1.807) is 11.8 Å². The van der Waals surface area contributed by atoms with Crippen LogP contribution >= 0.6 is 24.4 Å². The second-order valence-corrected chi connectivity index (χ2v) is 20.2. The summed E-state index contributed by atoms with van der Waals surface area (Å²) in [7, 11) is 0. The van der Waals surface area contributed by atoms with Crippen LogP contribution in [-0.4, -0.2) is 93.8 Å². The van der Waals surface area contributed by atoms with Gasteiger partial charge in [0.25, 0.3) is 11.8 Å². The number of nitrogens with zero attached hydrogens (tertiary/aromatic N) is 2. The lowest BCUT2D eigenvalue weighted by atomic mass is 9.79. The number of nitrogens with two attached hydrogens (primary N) is 1. The predicted octanol–water partition coefficient (Wildman–Crippen LogP) is 5.29. The molecular weight excluding hydrogens is 878 g/mol. The van der Waals surface area contributed by atoms with Crippen LogP contribution in [0.3, 0.4) is 0 Å². The third-order valence-corrected chi connectivity index (χ3v) is 14.6. The first kappa shape index (κ1) is 60.4. The van der Waals surface area contributed by atoms with Gasteiger partial charge in [0.05, 0.1) is 11.8 Å². The second kappa shape index (κ2) is 36.4. The largest absolute Gasteiger partial charge is 1.00 e. The molecule has 0 aromatic heterocycles. The average molecular weight is 967 g/mol. The summed E-state index contributed by atoms with van der Waals surface area (Å²) in [4.78, 5) is 78.9. The Morgan fingerprint density at radius 1 is 0.708 bits per heavy atom. The van der Waals surface area contributed by atoms with Gasteiger partial charge in [-0.05, 0) is 120 Å². The summed E-state index contributed by atoms with van der Waals surface area (Å²) in [6.07, 6.45) is 27.1. The Bertz CT molecular complexity index is 1480. The van der Waals surface area contributed by atoms with E-state index in [-0.39, 0.29) is 53.1 Å². The first-order valence-corrected chi connectivity index (χ1v) is 27.0. The molecule has 4 amide bonds. The molecule has 0 bridgehead atoms. The number of hydrogen-bond acceptors (Lipinski definition) is 9. The van der Waals surface area contributed by atoms with Crippen molar-refractivity contribution in [2.24, 2.45) is 29.4 Å². The number of carbonyl (C=O) groups excluding carboxylic acids is 6. The molecule has 11 nitrogen and oxygen atoms in total. The Kier molecular flexibility index (Phi) is 33.8. The molecule has 2 aliphatic carbocycles. The molecule has 1 atom stereocenters. The van der Waals surface area contributed by atoms with Gasteiger partial charge in [-0.2, -0.15) is 12.6 Å². The molecule has 0 aromatic rings. The monoisotopic (exact) mass is 966 g/mol. The highest BCUT2D eigenvalue weighted by atomic mass is 35.5. The molecule has 2 saturated carbocycles. The fourth-order valence-electron chi connectivity index (χ4n) is 8.77. The highest BCUT2D eigenvalue weighted by Crippen LogP contribution is 2.34. The lowest BCUT2D eigenvalue weighted by Crippen LogP contribution is -3.00. The molecule has 4 aliphatic rings. The number of nitrogens with one attached hydrogen (secondary N) is 2. The number of allylic oxidation sites excluding steroid dienone is 1. The summed E-state index contributed by atoms with van der Waals surface area (Å²) >= 11 is 5.73. The number of unbranched alkanes of at least 4 members (excludes halogenated alkanes) is 6. The molecule has 0 aromatic carbocycles. The maximum atomic E-state index is 12.8. The third-order valence-electron chi connectivity index (χ3n) is 13.0. The van der Waals surface area contributed by atoms with Gasteiger partial charge in [0.2, 0.25) is 17.6 Å². The zero-order valence-electron chi connectivity index (χ0n) is 40.8. The number of ketones is 2. The molecular formula is C51H88ClN5O6S2. The van der Waals surface area contributed by atoms with Crippen LogP contribution in [0, 0.1) is 23.7 Å². The molecule has 2 aliphatic heterocycles. The van der Waals surface area contributed by atoms with E-state index in [1.807, 2.05) is 0 Å².